The van der Waals surface area contributed by atoms with Crippen LogP contribution in [-0.2, 0) is 24.2 Å². The topological polar surface area (TPSA) is 102 Å². The quantitative estimate of drug-likeness (QED) is 0.212. The Morgan fingerprint density at radius 1 is 1.10 bits per heavy atom. The van der Waals surface area contributed by atoms with Gasteiger partial charge in [-0.25, -0.2) is 4.98 Å². The Morgan fingerprint density at radius 3 is 2.62 bits per heavy atom. The molecule has 1 aliphatic carbocycles. The summed E-state index contributed by atoms with van der Waals surface area (Å²) < 4.78 is 7.17. The maximum Gasteiger partial charge on any atom is 0.263 e. The SMILES string of the molecule is CCn1c(SCC(=O)Nc2cc(C)c(NC(=O)c3ccccc3)cc2OC)nc2sc3c(c2c1=O)CCCC3. The standard InChI is InChI=1S/C29H30N4O4S2/c1-4-33-28(36)25-19-12-8-9-13-23(19)39-27(25)32-29(33)38-16-24(34)30-21-14-17(2)20(15-22(21)37-3)31-26(35)18-10-6-5-7-11-18/h5-7,10-11,14-15H,4,8-9,12-13,16H2,1-3H3,(H,30,34)(H,31,35). The molecular formula is C29H30N4O4S2. The van der Waals surface area contributed by atoms with Crippen LogP contribution in [0.25, 0.3) is 10.2 Å². The summed E-state index contributed by atoms with van der Waals surface area (Å²) in [7, 11) is 1.51. The van der Waals surface area contributed by atoms with Crippen molar-refractivity contribution in [1.82, 2.24) is 9.55 Å². The number of amides is 2. The maximum atomic E-state index is 13.3. The predicted octanol–water partition coefficient (Wildman–Crippen LogP) is 5.66. The van der Waals surface area contributed by atoms with Crippen LogP contribution in [0.15, 0.2) is 52.4 Å². The number of aryl methyl sites for hydroxylation is 3. The van der Waals surface area contributed by atoms with Crippen molar-refractivity contribution in [2.24, 2.45) is 0 Å². The molecule has 0 bridgehead atoms. The Morgan fingerprint density at radius 2 is 1.87 bits per heavy atom. The number of methoxy groups -OCH3 is 1. The Labute approximate surface area is 234 Å². The molecule has 202 valence electrons. The van der Waals surface area contributed by atoms with E-state index in [0.717, 1.165) is 41.5 Å². The smallest absolute Gasteiger partial charge is 0.263 e. The van der Waals surface area contributed by atoms with Crippen molar-refractivity contribution in [2.45, 2.75) is 51.2 Å². The van der Waals surface area contributed by atoms with E-state index in [1.165, 1.54) is 29.3 Å². The molecule has 5 rings (SSSR count). The van der Waals surface area contributed by atoms with Gasteiger partial charge in [-0.1, -0.05) is 30.0 Å². The summed E-state index contributed by atoms with van der Waals surface area (Å²) in [6.45, 7) is 4.26. The van der Waals surface area contributed by atoms with Crippen LogP contribution < -0.4 is 20.9 Å². The van der Waals surface area contributed by atoms with Gasteiger partial charge in [-0.05, 0) is 68.9 Å². The molecule has 4 aromatic rings. The average molecular weight is 563 g/mol. The van der Waals surface area contributed by atoms with E-state index in [2.05, 4.69) is 10.6 Å². The molecular weight excluding hydrogens is 532 g/mol. The molecule has 0 radical (unpaired) electrons. The molecule has 2 amide bonds. The molecule has 2 aromatic carbocycles. The summed E-state index contributed by atoms with van der Waals surface area (Å²) in [6.07, 6.45) is 4.18. The molecule has 0 spiro atoms. The lowest BCUT2D eigenvalue weighted by molar-refractivity contribution is -0.113. The first-order chi connectivity index (χ1) is 18.9. The van der Waals surface area contributed by atoms with Gasteiger partial charge in [0.15, 0.2) is 5.16 Å². The molecule has 2 heterocycles. The number of aromatic nitrogens is 2. The van der Waals surface area contributed by atoms with Crippen LogP contribution in [0.1, 0.15) is 46.1 Å². The summed E-state index contributed by atoms with van der Waals surface area (Å²) in [5.74, 6) is 0.0299. The summed E-state index contributed by atoms with van der Waals surface area (Å²) in [5.41, 5.74) is 3.56. The van der Waals surface area contributed by atoms with E-state index >= 15 is 0 Å². The minimum atomic E-state index is -0.249. The molecule has 0 atom stereocenters. The molecule has 0 unspecified atom stereocenters. The van der Waals surface area contributed by atoms with Gasteiger partial charge in [0.25, 0.3) is 11.5 Å². The van der Waals surface area contributed by atoms with Crippen LogP contribution in [0.5, 0.6) is 5.75 Å². The molecule has 0 aliphatic heterocycles. The average Bonchev–Trinajstić information content (AvgIpc) is 3.32. The maximum absolute atomic E-state index is 13.3. The van der Waals surface area contributed by atoms with Gasteiger partial charge < -0.3 is 15.4 Å². The van der Waals surface area contributed by atoms with E-state index < -0.39 is 0 Å². The first-order valence-electron chi connectivity index (χ1n) is 12.9. The summed E-state index contributed by atoms with van der Waals surface area (Å²) >= 11 is 2.86. The highest BCUT2D eigenvalue weighted by Gasteiger charge is 2.22. The third kappa shape index (κ3) is 5.58. The lowest BCUT2D eigenvalue weighted by Crippen LogP contribution is -2.24. The Bertz CT molecular complexity index is 1610. The fourth-order valence-corrected chi connectivity index (χ4v) is 6.96. The van der Waals surface area contributed by atoms with Crippen LogP contribution >= 0.6 is 23.1 Å². The molecule has 8 nitrogen and oxygen atoms in total. The largest absolute Gasteiger partial charge is 0.494 e. The van der Waals surface area contributed by atoms with Gasteiger partial charge in [0, 0.05) is 28.7 Å². The van der Waals surface area contributed by atoms with Crippen LogP contribution in [-0.4, -0.2) is 34.2 Å². The summed E-state index contributed by atoms with van der Waals surface area (Å²) in [5, 5.41) is 7.11. The van der Waals surface area contributed by atoms with E-state index in [4.69, 9.17) is 9.72 Å². The van der Waals surface area contributed by atoms with Crippen LogP contribution in [0.3, 0.4) is 0 Å². The van der Waals surface area contributed by atoms with Crippen molar-refractivity contribution in [3.63, 3.8) is 0 Å². The first-order valence-corrected chi connectivity index (χ1v) is 14.7. The van der Waals surface area contributed by atoms with Crippen molar-refractivity contribution >= 4 is 56.5 Å². The summed E-state index contributed by atoms with van der Waals surface area (Å²) in [6, 6.07) is 12.4. The zero-order chi connectivity index (χ0) is 27.5. The monoisotopic (exact) mass is 562 g/mol. The highest BCUT2D eigenvalue weighted by molar-refractivity contribution is 7.99. The van der Waals surface area contributed by atoms with Crippen LogP contribution in [0.4, 0.5) is 11.4 Å². The van der Waals surface area contributed by atoms with Gasteiger partial charge >= 0.3 is 0 Å². The van der Waals surface area contributed by atoms with Gasteiger partial charge in [0.2, 0.25) is 5.91 Å². The molecule has 2 N–H and O–H groups in total. The lowest BCUT2D eigenvalue weighted by atomic mass is 9.97. The molecule has 39 heavy (non-hydrogen) atoms. The number of nitrogens with one attached hydrogen (secondary N) is 2. The van der Waals surface area contributed by atoms with Gasteiger partial charge in [-0.2, -0.15) is 0 Å². The number of nitrogens with zero attached hydrogens (tertiary/aromatic N) is 2. The molecule has 0 saturated carbocycles. The fraction of sp³-hybridized carbons (Fsp3) is 0.310. The molecule has 2 aromatic heterocycles. The fourth-order valence-electron chi connectivity index (χ4n) is 4.80. The highest BCUT2D eigenvalue weighted by atomic mass is 32.2. The highest BCUT2D eigenvalue weighted by Crippen LogP contribution is 2.35. The molecule has 10 heteroatoms. The minimum absolute atomic E-state index is 0.0183. The third-order valence-corrected chi connectivity index (χ3v) is 8.96. The summed E-state index contributed by atoms with van der Waals surface area (Å²) in [4.78, 5) is 45.7. The molecule has 1 aliphatic rings. The predicted molar refractivity (Wildman–Crippen MR) is 158 cm³/mol. The molecule has 0 saturated heterocycles. The van der Waals surface area contributed by atoms with Gasteiger partial charge in [0.1, 0.15) is 10.6 Å². The van der Waals surface area contributed by atoms with E-state index in [9.17, 15) is 14.4 Å². The number of hydrogen-bond acceptors (Lipinski definition) is 7. The number of hydrogen-bond donors (Lipinski definition) is 2. The van der Waals surface area contributed by atoms with Crippen molar-refractivity contribution in [3.8, 4) is 5.75 Å². The second-order valence-electron chi connectivity index (χ2n) is 9.36. The van der Waals surface area contributed by atoms with Crippen molar-refractivity contribution in [3.05, 3.63) is 74.4 Å². The zero-order valence-corrected chi connectivity index (χ0v) is 23.8. The second-order valence-corrected chi connectivity index (χ2v) is 11.4. The van der Waals surface area contributed by atoms with Crippen molar-refractivity contribution < 1.29 is 14.3 Å². The Hall–Kier alpha value is -3.63. The van der Waals surface area contributed by atoms with Crippen LogP contribution in [0, 0.1) is 6.92 Å². The number of carbonyl (C=O) groups is 2. The zero-order valence-electron chi connectivity index (χ0n) is 22.1. The van der Waals surface area contributed by atoms with E-state index in [1.54, 1.807) is 52.3 Å². The van der Waals surface area contributed by atoms with Crippen LogP contribution in [0.2, 0.25) is 0 Å². The van der Waals surface area contributed by atoms with E-state index in [1.807, 2.05) is 19.9 Å². The Kier molecular flexibility index (Phi) is 8.04. The number of thiophene rings is 1. The Balaban J connectivity index is 1.31. The number of rotatable bonds is 8. The van der Waals surface area contributed by atoms with Crippen molar-refractivity contribution in [1.29, 1.82) is 0 Å². The number of fused-ring (bicyclic) bond motifs is 3. The number of carbonyl (C=O) groups excluding carboxylic acids is 2. The normalized spacial score (nSPS) is 12.7. The van der Waals surface area contributed by atoms with Gasteiger partial charge in [0.05, 0.1) is 23.9 Å². The van der Waals surface area contributed by atoms with Gasteiger partial charge in [-0.3, -0.25) is 19.0 Å². The lowest BCUT2D eigenvalue weighted by Gasteiger charge is -2.16. The van der Waals surface area contributed by atoms with E-state index in [0.29, 0.717) is 34.4 Å². The van der Waals surface area contributed by atoms with Gasteiger partial charge in [-0.15, -0.1) is 11.3 Å². The number of benzene rings is 2. The second kappa shape index (κ2) is 11.6. The molecule has 0 fully saturated rings. The van der Waals surface area contributed by atoms with E-state index in [-0.39, 0.29) is 23.1 Å². The van der Waals surface area contributed by atoms with Crippen molar-refractivity contribution in [2.75, 3.05) is 23.5 Å². The first kappa shape index (κ1) is 27.0. The third-order valence-electron chi connectivity index (χ3n) is 6.79. The number of thioether (sulfide) groups is 1. The minimum Gasteiger partial charge on any atom is -0.494 e. The number of ether oxygens (including phenoxy) is 1. The number of anilines is 2.